The van der Waals surface area contributed by atoms with Gasteiger partial charge < -0.3 is 0 Å². The third-order valence-electron chi connectivity index (χ3n) is 2.82. The van der Waals surface area contributed by atoms with Crippen LogP contribution in [0.5, 0.6) is 0 Å². The summed E-state index contributed by atoms with van der Waals surface area (Å²) in [4.78, 5) is 4.17. The van der Waals surface area contributed by atoms with Gasteiger partial charge in [0, 0.05) is 12.1 Å². The van der Waals surface area contributed by atoms with Crippen LogP contribution < -0.4 is 0 Å². The van der Waals surface area contributed by atoms with Crippen LogP contribution in [0.3, 0.4) is 0 Å². The maximum Gasteiger partial charge on any atom is 0.211 e. The quantitative estimate of drug-likeness (QED) is 0.812. The van der Waals surface area contributed by atoms with Crippen LogP contribution in [0.4, 0.5) is 0 Å². The first-order valence-corrected chi connectivity index (χ1v) is 9.20. The van der Waals surface area contributed by atoms with Gasteiger partial charge in [-0.2, -0.15) is 4.31 Å². The van der Waals surface area contributed by atoms with Gasteiger partial charge in [0.05, 0.1) is 25.0 Å². The molecule has 21 heavy (non-hydrogen) atoms. The van der Waals surface area contributed by atoms with Crippen LogP contribution in [0.25, 0.3) is 0 Å². The highest BCUT2D eigenvalue weighted by molar-refractivity contribution is 7.88. The van der Waals surface area contributed by atoms with Gasteiger partial charge in [0.1, 0.15) is 10.0 Å². The summed E-state index contributed by atoms with van der Waals surface area (Å²) < 4.78 is 25.2. The molecular weight excluding hydrogens is 308 g/mol. The lowest BCUT2D eigenvalue weighted by Crippen LogP contribution is -2.29. The van der Waals surface area contributed by atoms with Gasteiger partial charge in [-0.05, 0) is 12.1 Å². The van der Waals surface area contributed by atoms with E-state index in [0.29, 0.717) is 16.6 Å². The molecule has 2 rings (SSSR count). The summed E-state index contributed by atoms with van der Waals surface area (Å²) in [5.41, 5.74) is 0.705. The van der Waals surface area contributed by atoms with Gasteiger partial charge in [-0.25, -0.2) is 8.42 Å². The van der Waals surface area contributed by atoms with Crippen LogP contribution in [0, 0.1) is 0 Å². The van der Waals surface area contributed by atoms with Crippen molar-refractivity contribution in [3.05, 3.63) is 40.1 Å². The van der Waals surface area contributed by atoms with E-state index in [2.05, 4.69) is 15.2 Å². The molecule has 0 saturated carbocycles. The monoisotopic (exact) mass is 326 g/mol. The summed E-state index contributed by atoms with van der Waals surface area (Å²) in [7, 11) is -3.34. The minimum absolute atomic E-state index is 0.222. The van der Waals surface area contributed by atoms with Crippen LogP contribution >= 0.6 is 11.3 Å². The highest BCUT2D eigenvalue weighted by Crippen LogP contribution is 2.21. The van der Waals surface area contributed by atoms with Crippen LogP contribution in [0.15, 0.2) is 24.4 Å². The van der Waals surface area contributed by atoms with E-state index >= 15 is 0 Å². The second-order valence-corrected chi connectivity index (χ2v) is 8.12. The van der Waals surface area contributed by atoms with Crippen LogP contribution in [0.2, 0.25) is 0 Å². The lowest BCUT2D eigenvalue weighted by Gasteiger charge is -2.17. The fourth-order valence-corrected chi connectivity index (χ4v) is 3.34. The van der Waals surface area contributed by atoms with E-state index in [1.807, 2.05) is 19.9 Å². The molecular formula is C13H18N4O2S2. The van der Waals surface area contributed by atoms with E-state index in [4.69, 9.17) is 0 Å². The molecule has 2 aromatic rings. The summed E-state index contributed by atoms with van der Waals surface area (Å²) in [6.45, 7) is 4.52. The Hall–Kier alpha value is -1.38. The van der Waals surface area contributed by atoms with Crippen LogP contribution in [-0.4, -0.2) is 34.2 Å². The second kappa shape index (κ2) is 6.59. The number of rotatable bonds is 6. The Bertz CT molecular complexity index is 683. The topological polar surface area (TPSA) is 76.1 Å². The van der Waals surface area contributed by atoms with Crippen molar-refractivity contribution in [1.82, 2.24) is 19.5 Å². The summed E-state index contributed by atoms with van der Waals surface area (Å²) in [6.07, 6.45) is 2.85. The largest absolute Gasteiger partial charge is 0.260 e. The first-order chi connectivity index (χ1) is 9.86. The van der Waals surface area contributed by atoms with Gasteiger partial charge in [0.25, 0.3) is 0 Å². The molecule has 0 N–H and O–H groups in total. The molecule has 0 fully saturated rings. The van der Waals surface area contributed by atoms with Crippen molar-refractivity contribution < 1.29 is 8.42 Å². The predicted octanol–water partition coefficient (Wildman–Crippen LogP) is 2.02. The summed E-state index contributed by atoms with van der Waals surface area (Å²) in [5, 5.41) is 9.77. The van der Waals surface area contributed by atoms with Crippen molar-refractivity contribution in [2.45, 2.75) is 32.9 Å². The lowest BCUT2D eigenvalue weighted by molar-refractivity contribution is 0.399. The zero-order valence-electron chi connectivity index (χ0n) is 12.2. The molecule has 0 aliphatic rings. The number of hydrogen-bond acceptors (Lipinski definition) is 6. The molecule has 0 aliphatic carbocycles. The summed E-state index contributed by atoms with van der Waals surface area (Å²) >= 11 is 1.45. The molecule has 0 bridgehead atoms. The van der Waals surface area contributed by atoms with Gasteiger partial charge in [-0.1, -0.05) is 31.3 Å². The molecule has 0 radical (unpaired) electrons. The predicted molar refractivity (Wildman–Crippen MR) is 82.3 cm³/mol. The number of pyridine rings is 1. The van der Waals surface area contributed by atoms with Crippen LogP contribution in [-0.2, 0) is 23.1 Å². The molecule has 8 heteroatoms. The molecule has 0 atom stereocenters. The normalized spacial score (nSPS) is 12.2. The van der Waals surface area contributed by atoms with Crippen LogP contribution in [0.1, 0.15) is 35.5 Å². The minimum atomic E-state index is -3.34. The molecule has 0 unspecified atom stereocenters. The van der Waals surface area contributed by atoms with Gasteiger partial charge in [0.2, 0.25) is 10.0 Å². The lowest BCUT2D eigenvalue weighted by atomic mass is 10.2. The molecule has 0 spiro atoms. The number of sulfonamides is 1. The Labute approximate surface area is 128 Å². The SMILES string of the molecule is CC(C)c1nnc(CN(Cc2ccccn2)S(C)(=O)=O)s1. The van der Waals surface area contributed by atoms with Gasteiger partial charge >= 0.3 is 0 Å². The smallest absolute Gasteiger partial charge is 0.211 e. The second-order valence-electron chi connectivity index (χ2n) is 5.04. The molecule has 0 amide bonds. The van der Waals surface area contributed by atoms with E-state index < -0.39 is 10.0 Å². The van der Waals surface area contributed by atoms with E-state index in [1.165, 1.54) is 21.9 Å². The van der Waals surface area contributed by atoms with E-state index in [-0.39, 0.29) is 13.1 Å². The van der Waals surface area contributed by atoms with Gasteiger partial charge in [0.15, 0.2) is 0 Å². The first-order valence-electron chi connectivity index (χ1n) is 6.53. The molecule has 2 aromatic heterocycles. The highest BCUT2D eigenvalue weighted by Gasteiger charge is 2.20. The highest BCUT2D eigenvalue weighted by atomic mass is 32.2. The van der Waals surface area contributed by atoms with Crippen molar-refractivity contribution in [2.75, 3.05) is 6.26 Å². The average Bonchev–Trinajstić information content (AvgIpc) is 2.87. The van der Waals surface area contributed by atoms with Crippen molar-refractivity contribution in [3.63, 3.8) is 0 Å². The Balaban J connectivity index is 2.17. The Morgan fingerprint density at radius 2 is 2.00 bits per heavy atom. The molecule has 2 heterocycles. The van der Waals surface area contributed by atoms with Crippen molar-refractivity contribution in [2.24, 2.45) is 0 Å². The Kier molecular flexibility index (Phi) is 5.02. The molecule has 6 nitrogen and oxygen atoms in total. The van der Waals surface area contributed by atoms with Crippen molar-refractivity contribution in [1.29, 1.82) is 0 Å². The third-order valence-corrected chi connectivity index (χ3v) is 5.23. The molecule has 0 aromatic carbocycles. The fraction of sp³-hybridized carbons (Fsp3) is 0.462. The fourth-order valence-electron chi connectivity index (χ4n) is 1.68. The Morgan fingerprint density at radius 3 is 2.52 bits per heavy atom. The zero-order valence-corrected chi connectivity index (χ0v) is 13.9. The van der Waals surface area contributed by atoms with E-state index in [1.54, 1.807) is 18.3 Å². The van der Waals surface area contributed by atoms with Crippen molar-refractivity contribution in [3.8, 4) is 0 Å². The maximum absolute atomic E-state index is 11.9. The van der Waals surface area contributed by atoms with Gasteiger partial charge in [-0.3, -0.25) is 4.98 Å². The Morgan fingerprint density at radius 1 is 1.24 bits per heavy atom. The summed E-state index contributed by atoms with van der Waals surface area (Å²) in [6, 6.07) is 5.44. The maximum atomic E-state index is 11.9. The van der Waals surface area contributed by atoms with Crippen molar-refractivity contribution >= 4 is 21.4 Å². The number of nitrogens with zero attached hydrogens (tertiary/aromatic N) is 4. The van der Waals surface area contributed by atoms with Gasteiger partial charge in [-0.15, -0.1) is 10.2 Å². The first kappa shape index (κ1) is 16.0. The molecule has 0 aliphatic heterocycles. The zero-order chi connectivity index (χ0) is 15.5. The molecule has 0 saturated heterocycles. The third kappa shape index (κ3) is 4.55. The number of aromatic nitrogens is 3. The standard InChI is InChI=1S/C13H18N4O2S2/c1-10(2)13-16-15-12(20-13)9-17(21(3,18)19)8-11-6-4-5-7-14-11/h4-7,10H,8-9H2,1-3H3. The minimum Gasteiger partial charge on any atom is -0.260 e. The number of hydrogen-bond donors (Lipinski definition) is 0. The summed E-state index contributed by atoms with van der Waals surface area (Å²) in [5.74, 6) is 0.290. The molecule has 114 valence electrons. The average molecular weight is 326 g/mol. The van der Waals surface area contributed by atoms with E-state index in [0.717, 1.165) is 5.01 Å². The van der Waals surface area contributed by atoms with E-state index in [9.17, 15) is 8.42 Å².